The van der Waals surface area contributed by atoms with Crippen molar-refractivity contribution in [2.24, 2.45) is 0 Å². The van der Waals surface area contributed by atoms with E-state index in [1.807, 2.05) is 6.26 Å². The first-order chi connectivity index (χ1) is 11.6. The number of benzene rings is 1. The SMILES string of the molecule is CSCC[C@@H](NC(=O)Nc1c2c(cc3c1CCC3)CCC2)C(=O)O. The Morgan fingerprint density at radius 1 is 1.17 bits per heavy atom. The standard InChI is InChI=1S/C18H24N2O3S/c1-24-9-8-15(17(21)22)19-18(23)20-16-13-6-2-4-11(13)10-12-5-3-7-14(12)16/h10,15H,2-9H2,1H3,(H,21,22)(H2,19,20,23)/t15-/m1/s1. The molecule has 3 rings (SSSR count). The molecule has 1 aromatic carbocycles. The van der Waals surface area contributed by atoms with Crippen molar-refractivity contribution in [1.82, 2.24) is 5.32 Å². The Kier molecular flexibility index (Phi) is 5.33. The molecular weight excluding hydrogens is 324 g/mol. The number of carboxylic acid groups (broad SMARTS) is 1. The highest BCUT2D eigenvalue weighted by Crippen LogP contribution is 2.38. The summed E-state index contributed by atoms with van der Waals surface area (Å²) in [4.78, 5) is 23.7. The normalized spacial score (nSPS) is 16.4. The molecule has 0 heterocycles. The van der Waals surface area contributed by atoms with Crippen molar-refractivity contribution >= 4 is 29.4 Å². The summed E-state index contributed by atoms with van der Waals surface area (Å²) in [6.45, 7) is 0. The van der Waals surface area contributed by atoms with E-state index in [0.29, 0.717) is 12.2 Å². The largest absolute Gasteiger partial charge is 0.480 e. The van der Waals surface area contributed by atoms with Gasteiger partial charge in [-0.15, -0.1) is 0 Å². The van der Waals surface area contributed by atoms with Gasteiger partial charge in [-0.1, -0.05) is 6.07 Å². The molecule has 2 aliphatic rings. The summed E-state index contributed by atoms with van der Waals surface area (Å²) in [6.07, 6.45) is 8.74. The van der Waals surface area contributed by atoms with Gasteiger partial charge >= 0.3 is 12.0 Å². The summed E-state index contributed by atoms with van der Waals surface area (Å²) < 4.78 is 0. The van der Waals surface area contributed by atoms with Crippen molar-refractivity contribution in [3.8, 4) is 0 Å². The molecule has 0 saturated heterocycles. The maximum absolute atomic E-state index is 12.4. The van der Waals surface area contributed by atoms with Crippen LogP contribution in [-0.4, -0.2) is 35.2 Å². The van der Waals surface area contributed by atoms with E-state index in [0.717, 1.165) is 44.2 Å². The molecule has 0 fully saturated rings. The lowest BCUT2D eigenvalue weighted by molar-refractivity contribution is -0.139. The summed E-state index contributed by atoms with van der Waals surface area (Å²) in [6, 6.07) is 1.06. The first-order valence-electron chi connectivity index (χ1n) is 8.56. The predicted octanol–water partition coefficient (Wildman–Crippen LogP) is 2.99. The zero-order valence-electron chi connectivity index (χ0n) is 14.0. The third kappa shape index (κ3) is 3.53. The average molecular weight is 348 g/mol. The highest BCUT2D eigenvalue weighted by molar-refractivity contribution is 7.98. The molecule has 2 aliphatic carbocycles. The third-order valence-corrected chi connectivity index (χ3v) is 5.57. The van der Waals surface area contributed by atoms with Gasteiger partial charge in [0.1, 0.15) is 6.04 Å². The van der Waals surface area contributed by atoms with Gasteiger partial charge in [0.2, 0.25) is 0 Å². The lowest BCUT2D eigenvalue weighted by Crippen LogP contribution is -2.43. The molecule has 0 bridgehead atoms. The molecule has 1 aromatic rings. The molecule has 0 unspecified atom stereocenters. The minimum absolute atomic E-state index is 0.405. The van der Waals surface area contributed by atoms with Crippen molar-refractivity contribution in [3.05, 3.63) is 28.3 Å². The van der Waals surface area contributed by atoms with Gasteiger partial charge in [-0.2, -0.15) is 11.8 Å². The number of fused-ring (bicyclic) bond motifs is 2. The molecule has 24 heavy (non-hydrogen) atoms. The molecule has 0 aromatic heterocycles. The molecule has 0 spiro atoms. The Hall–Kier alpha value is -1.69. The van der Waals surface area contributed by atoms with Crippen molar-refractivity contribution in [3.63, 3.8) is 0 Å². The van der Waals surface area contributed by atoms with Crippen LogP contribution in [0.4, 0.5) is 10.5 Å². The Balaban J connectivity index is 1.76. The van der Waals surface area contributed by atoms with Gasteiger partial charge in [-0.05, 0) is 79.2 Å². The fraction of sp³-hybridized carbons (Fsp3) is 0.556. The number of carboxylic acids is 1. The average Bonchev–Trinajstić information content (AvgIpc) is 3.19. The number of carbonyl (C=O) groups is 2. The van der Waals surface area contributed by atoms with Gasteiger partial charge in [0.25, 0.3) is 0 Å². The second-order valence-electron chi connectivity index (χ2n) is 6.50. The molecule has 5 nitrogen and oxygen atoms in total. The molecule has 0 aliphatic heterocycles. The van der Waals surface area contributed by atoms with Crippen molar-refractivity contribution in [1.29, 1.82) is 0 Å². The number of aliphatic carboxylic acids is 1. The highest BCUT2D eigenvalue weighted by atomic mass is 32.2. The number of carbonyl (C=O) groups excluding carboxylic acids is 1. The number of rotatable bonds is 6. The van der Waals surface area contributed by atoms with E-state index in [2.05, 4.69) is 16.7 Å². The van der Waals surface area contributed by atoms with Crippen LogP contribution in [0.15, 0.2) is 6.07 Å². The van der Waals surface area contributed by atoms with E-state index in [1.165, 1.54) is 22.3 Å². The Labute approximate surface area is 146 Å². The van der Waals surface area contributed by atoms with Gasteiger partial charge in [0.05, 0.1) is 0 Å². The van der Waals surface area contributed by atoms with Crippen molar-refractivity contribution in [2.75, 3.05) is 17.3 Å². The predicted molar refractivity (Wildman–Crippen MR) is 97.1 cm³/mol. The number of amides is 2. The molecule has 130 valence electrons. The molecular formula is C18H24N2O3S. The zero-order chi connectivity index (χ0) is 17.1. The second-order valence-corrected chi connectivity index (χ2v) is 7.49. The smallest absolute Gasteiger partial charge is 0.326 e. The van der Waals surface area contributed by atoms with Crippen LogP contribution in [0.1, 0.15) is 41.5 Å². The molecule has 6 heteroatoms. The zero-order valence-corrected chi connectivity index (χ0v) is 14.8. The summed E-state index contributed by atoms with van der Waals surface area (Å²) in [5.74, 6) is -0.282. The molecule has 2 amide bonds. The van der Waals surface area contributed by atoms with Crippen LogP contribution in [0.25, 0.3) is 0 Å². The lowest BCUT2D eigenvalue weighted by Gasteiger charge is -2.19. The summed E-state index contributed by atoms with van der Waals surface area (Å²) in [7, 11) is 0. The number of anilines is 1. The van der Waals surface area contributed by atoms with Gasteiger partial charge < -0.3 is 15.7 Å². The molecule has 3 N–H and O–H groups in total. The van der Waals surface area contributed by atoms with E-state index in [4.69, 9.17) is 0 Å². The number of urea groups is 1. The maximum Gasteiger partial charge on any atom is 0.326 e. The Bertz CT molecular complexity index is 628. The lowest BCUT2D eigenvalue weighted by atomic mass is 9.99. The van der Waals surface area contributed by atoms with E-state index in [-0.39, 0.29) is 0 Å². The number of thioether (sulfide) groups is 1. The highest BCUT2D eigenvalue weighted by Gasteiger charge is 2.26. The van der Waals surface area contributed by atoms with Crippen LogP contribution in [-0.2, 0) is 30.5 Å². The first-order valence-corrected chi connectivity index (χ1v) is 9.95. The van der Waals surface area contributed by atoms with Crippen molar-refractivity contribution < 1.29 is 14.7 Å². The van der Waals surface area contributed by atoms with Crippen LogP contribution in [0.2, 0.25) is 0 Å². The number of nitrogens with one attached hydrogen (secondary N) is 2. The molecule has 0 radical (unpaired) electrons. The minimum atomic E-state index is -0.984. The van der Waals surface area contributed by atoms with E-state index in [1.54, 1.807) is 11.8 Å². The van der Waals surface area contributed by atoms with Crippen LogP contribution >= 0.6 is 11.8 Å². The van der Waals surface area contributed by atoms with Crippen LogP contribution in [0.5, 0.6) is 0 Å². The van der Waals surface area contributed by atoms with E-state index in [9.17, 15) is 14.7 Å². The van der Waals surface area contributed by atoms with Crippen LogP contribution in [0.3, 0.4) is 0 Å². The molecule has 1 atom stereocenters. The maximum atomic E-state index is 12.4. The number of hydrogen-bond acceptors (Lipinski definition) is 3. The Morgan fingerprint density at radius 3 is 2.33 bits per heavy atom. The quantitative estimate of drug-likeness (QED) is 0.738. The topological polar surface area (TPSA) is 78.4 Å². The fourth-order valence-corrected chi connectivity index (χ4v) is 4.24. The van der Waals surface area contributed by atoms with Crippen LogP contribution in [0, 0.1) is 0 Å². The van der Waals surface area contributed by atoms with Gasteiger partial charge in [0, 0.05) is 5.69 Å². The van der Waals surface area contributed by atoms with Gasteiger partial charge in [-0.3, -0.25) is 0 Å². The van der Waals surface area contributed by atoms with E-state index >= 15 is 0 Å². The molecule has 0 saturated carbocycles. The van der Waals surface area contributed by atoms with Crippen molar-refractivity contribution in [2.45, 2.75) is 51.0 Å². The van der Waals surface area contributed by atoms with Crippen LogP contribution < -0.4 is 10.6 Å². The van der Waals surface area contributed by atoms with E-state index < -0.39 is 18.0 Å². The second kappa shape index (κ2) is 7.47. The number of aryl methyl sites for hydroxylation is 2. The minimum Gasteiger partial charge on any atom is -0.480 e. The summed E-state index contributed by atoms with van der Waals surface area (Å²) in [5, 5.41) is 14.9. The third-order valence-electron chi connectivity index (χ3n) is 4.93. The summed E-state index contributed by atoms with van der Waals surface area (Å²) in [5.41, 5.74) is 6.15. The number of hydrogen-bond donors (Lipinski definition) is 3. The Morgan fingerprint density at radius 2 is 1.79 bits per heavy atom. The van der Waals surface area contributed by atoms with Gasteiger partial charge in [-0.25, -0.2) is 9.59 Å². The fourth-order valence-electron chi connectivity index (χ4n) is 3.77. The monoisotopic (exact) mass is 348 g/mol. The van der Waals surface area contributed by atoms with Gasteiger partial charge in [0.15, 0.2) is 0 Å². The first kappa shape index (κ1) is 17.1. The summed E-state index contributed by atoms with van der Waals surface area (Å²) >= 11 is 1.58.